The van der Waals surface area contributed by atoms with E-state index < -0.39 is 29.5 Å². The number of aliphatic imine (C=N–C) groups is 1. The molecule has 0 aromatic heterocycles. The number of ether oxygens (including phenoxy) is 1. The molecule has 0 radical (unpaired) electrons. The van der Waals surface area contributed by atoms with Gasteiger partial charge < -0.3 is 31.0 Å². The van der Waals surface area contributed by atoms with Crippen molar-refractivity contribution in [3.63, 3.8) is 0 Å². The Bertz CT molecular complexity index is 939. The van der Waals surface area contributed by atoms with Crippen molar-refractivity contribution < 1.29 is 22.3 Å². The Morgan fingerprint density at radius 3 is 2.72 bits per heavy atom. The zero-order valence-electron chi connectivity index (χ0n) is 17.7. The maximum absolute atomic E-state index is 15.0. The van der Waals surface area contributed by atoms with Crippen LogP contribution in [-0.4, -0.2) is 56.4 Å². The summed E-state index contributed by atoms with van der Waals surface area (Å²) in [4.78, 5) is 6.10. The molecule has 0 spiro atoms. The van der Waals surface area contributed by atoms with E-state index in [9.17, 15) is 17.6 Å². The molecule has 0 saturated carbocycles. The van der Waals surface area contributed by atoms with Gasteiger partial charge in [-0.2, -0.15) is 13.2 Å². The molecule has 3 aliphatic rings. The van der Waals surface area contributed by atoms with Gasteiger partial charge in [0.1, 0.15) is 17.1 Å². The van der Waals surface area contributed by atoms with Crippen molar-refractivity contribution in [3.05, 3.63) is 40.6 Å². The number of rotatable bonds is 6. The highest BCUT2D eigenvalue weighted by Crippen LogP contribution is 2.39. The second-order valence-electron chi connectivity index (χ2n) is 8.15. The van der Waals surface area contributed by atoms with Crippen LogP contribution in [0.15, 0.2) is 28.6 Å². The van der Waals surface area contributed by atoms with Gasteiger partial charge in [0.25, 0.3) is 0 Å². The first-order chi connectivity index (χ1) is 15.3. The molecule has 174 valence electrons. The summed E-state index contributed by atoms with van der Waals surface area (Å²) in [6.45, 7) is 2.17. The SMILES string of the molecule is CN1CNC2=C1NC(C=N)N=C2c1cc(F)c(OCCC2CCNCC2)c(C(F)(F)F)c1. The summed E-state index contributed by atoms with van der Waals surface area (Å²) in [7, 11) is 1.79. The highest BCUT2D eigenvalue weighted by Gasteiger charge is 2.38. The summed E-state index contributed by atoms with van der Waals surface area (Å²) in [6, 6.07) is 1.89. The number of piperidine rings is 1. The highest BCUT2D eigenvalue weighted by atomic mass is 19.4. The van der Waals surface area contributed by atoms with Crippen molar-refractivity contribution in [3.8, 4) is 5.75 Å². The van der Waals surface area contributed by atoms with Gasteiger partial charge in [-0.05, 0) is 50.4 Å². The first-order valence-corrected chi connectivity index (χ1v) is 10.6. The van der Waals surface area contributed by atoms with Gasteiger partial charge in [-0.3, -0.25) is 4.99 Å². The minimum Gasteiger partial charge on any atom is -0.490 e. The molecule has 1 saturated heterocycles. The molecule has 4 rings (SSSR count). The molecule has 1 aromatic carbocycles. The predicted octanol–water partition coefficient (Wildman–Crippen LogP) is 2.64. The van der Waals surface area contributed by atoms with E-state index in [-0.39, 0.29) is 17.9 Å². The Kier molecular flexibility index (Phi) is 6.27. The molecule has 0 aliphatic carbocycles. The van der Waals surface area contributed by atoms with E-state index in [4.69, 9.17) is 10.1 Å². The summed E-state index contributed by atoms with van der Waals surface area (Å²) in [5.41, 5.74) is -0.553. The number of hydrogen-bond donors (Lipinski definition) is 4. The standard InChI is InChI=1S/C21H26F4N6O/c1-31-11-28-18-17(29-16(10-26)30-20(18)31)13-8-14(21(23,24)25)19(15(22)9-13)32-7-4-12-2-5-27-6-3-12/h8-10,12,16,26-28,30H,2-7,11H2,1H3. The smallest absolute Gasteiger partial charge is 0.420 e. The lowest BCUT2D eigenvalue weighted by atomic mass is 9.95. The Labute approximate surface area is 183 Å². The van der Waals surface area contributed by atoms with E-state index >= 15 is 0 Å². The maximum Gasteiger partial charge on any atom is 0.420 e. The summed E-state index contributed by atoms with van der Waals surface area (Å²) < 4.78 is 61.9. The van der Waals surface area contributed by atoms with Gasteiger partial charge in [-0.15, -0.1) is 0 Å². The first kappa shape index (κ1) is 22.4. The topological polar surface area (TPSA) is 84.8 Å². The third-order valence-corrected chi connectivity index (χ3v) is 5.91. The average molecular weight is 454 g/mol. The monoisotopic (exact) mass is 454 g/mol. The second kappa shape index (κ2) is 8.97. The Balaban J connectivity index is 1.64. The first-order valence-electron chi connectivity index (χ1n) is 10.6. The van der Waals surface area contributed by atoms with E-state index in [2.05, 4.69) is 20.9 Å². The maximum atomic E-state index is 15.0. The fourth-order valence-electron chi connectivity index (χ4n) is 4.19. The lowest BCUT2D eigenvalue weighted by Gasteiger charge is -2.25. The van der Waals surface area contributed by atoms with Gasteiger partial charge in [-0.1, -0.05) is 0 Å². The van der Waals surface area contributed by atoms with Crippen molar-refractivity contribution in [1.29, 1.82) is 5.41 Å². The van der Waals surface area contributed by atoms with Gasteiger partial charge in [0.2, 0.25) is 0 Å². The fourth-order valence-corrected chi connectivity index (χ4v) is 4.19. The zero-order chi connectivity index (χ0) is 22.9. The van der Waals surface area contributed by atoms with Gasteiger partial charge in [-0.25, -0.2) is 4.39 Å². The van der Waals surface area contributed by atoms with E-state index in [1.54, 1.807) is 11.9 Å². The Morgan fingerprint density at radius 2 is 2.03 bits per heavy atom. The summed E-state index contributed by atoms with van der Waals surface area (Å²) in [5, 5.41) is 16.8. The summed E-state index contributed by atoms with van der Waals surface area (Å²) in [6.07, 6.45) is -2.09. The van der Waals surface area contributed by atoms with Crippen molar-refractivity contribution in [2.24, 2.45) is 10.9 Å². The molecule has 7 nitrogen and oxygen atoms in total. The van der Waals surface area contributed by atoms with Crippen LogP contribution in [0.3, 0.4) is 0 Å². The lowest BCUT2D eigenvalue weighted by Crippen LogP contribution is -2.38. The summed E-state index contributed by atoms with van der Waals surface area (Å²) in [5.74, 6) is -0.911. The van der Waals surface area contributed by atoms with Crippen LogP contribution < -0.4 is 20.7 Å². The van der Waals surface area contributed by atoms with Crippen molar-refractivity contribution in [2.45, 2.75) is 31.6 Å². The molecule has 3 aliphatic heterocycles. The molecule has 11 heteroatoms. The molecule has 1 atom stereocenters. The van der Waals surface area contributed by atoms with Crippen LogP contribution in [0.1, 0.15) is 30.4 Å². The van der Waals surface area contributed by atoms with Gasteiger partial charge in [0.05, 0.1) is 19.0 Å². The molecule has 32 heavy (non-hydrogen) atoms. The van der Waals surface area contributed by atoms with E-state index in [1.165, 1.54) is 0 Å². The molecule has 1 aromatic rings. The van der Waals surface area contributed by atoms with Gasteiger partial charge in [0.15, 0.2) is 17.7 Å². The Morgan fingerprint density at radius 1 is 1.28 bits per heavy atom. The quantitative estimate of drug-likeness (QED) is 0.392. The average Bonchev–Trinajstić information content (AvgIpc) is 3.14. The second-order valence-corrected chi connectivity index (χ2v) is 8.15. The largest absolute Gasteiger partial charge is 0.490 e. The fraction of sp³-hybridized carbons (Fsp3) is 0.524. The minimum atomic E-state index is -4.80. The van der Waals surface area contributed by atoms with Gasteiger partial charge >= 0.3 is 6.18 Å². The van der Waals surface area contributed by atoms with Crippen LogP contribution >= 0.6 is 0 Å². The van der Waals surface area contributed by atoms with Crippen LogP contribution in [0.2, 0.25) is 0 Å². The third kappa shape index (κ3) is 4.52. The molecular weight excluding hydrogens is 428 g/mol. The molecule has 0 bridgehead atoms. The normalized spacial score (nSPS) is 21.6. The van der Waals surface area contributed by atoms with Crippen LogP contribution in [0.25, 0.3) is 0 Å². The number of nitrogens with zero attached hydrogens (tertiary/aromatic N) is 2. The minimum absolute atomic E-state index is 0.0202. The van der Waals surface area contributed by atoms with E-state index in [0.717, 1.165) is 44.3 Å². The van der Waals surface area contributed by atoms with Crippen LogP contribution in [-0.2, 0) is 6.18 Å². The number of halogens is 4. The zero-order valence-corrected chi connectivity index (χ0v) is 17.7. The van der Waals surface area contributed by atoms with Crippen LogP contribution in [0.5, 0.6) is 5.75 Å². The highest BCUT2D eigenvalue weighted by molar-refractivity contribution is 6.14. The molecule has 1 fully saturated rings. The number of benzene rings is 1. The van der Waals surface area contributed by atoms with E-state index in [1.807, 2.05) is 0 Å². The Hall–Kier alpha value is -2.82. The number of nitrogens with one attached hydrogen (secondary N) is 4. The van der Waals surface area contributed by atoms with Crippen molar-refractivity contribution in [1.82, 2.24) is 20.9 Å². The number of hydrogen-bond acceptors (Lipinski definition) is 7. The predicted molar refractivity (Wildman–Crippen MR) is 112 cm³/mol. The van der Waals surface area contributed by atoms with Crippen LogP contribution in [0.4, 0.5) is 17.6 Å². The summed E-state index contributed by atoms with van der Waals surface area (Å²) >= 11 is 0. The van der Waals surface area contributed by atoms with Crippen molar-refractivity contribution >= 4 is 11.9 Å². The van der Waals surface area contributed by atoms with E-state index in [0.29, 0.717) is 30.5 Å². The molecule has 0 amide bonds. The van der Waals surface area contributed by atoms with Crippen LogP contribution in [0, 0.1) is 17.1 Å². The van der Waals surface area contributed by atoms with Crippen molar-refractivity contribution in [2.75, 3.05) is 33.4 Å². The molecule has 3 heterocycles. The molecule has 4 N–H and O–H groups in total. The molecular formula is C21H26F4N6O. The van der Waals surface area contributed by atoms with Gasteiger partial charge in [0, 0.05) is 18.8 Å². The number of alkyl halides is 3. The number of allylic oxidation sites excluding steroid dienone is 1. The lowest BCUT2D eigenvalue weighted by molar-refractivity contribution is -0.139. The molecule has 1 unspecified atom stereocenters. The third-order valence-electron chi connectivity index (χ3n) is 5.91.